The van der Waals surface area contributed by atoms with Crippen molar-refractivity contribution in [3.8, 4) is 10.6 Å². The van der Waals surface area contributed by atoms with Gasteiger partial charge in [-0.05, 0) is 19.9 Å². The van der Waals surface area contributed by atoms with E-state index in [1.165, 1.54) is 4.88 Å². The Morgan fingerprint density at radius 3 is 2.88 bits per heavy atom. The fourth-order valence-corrected chi connectivity index (χ4v) is 2.55. The minimum Gasteiger partial charge on any atom is -0.312 e. The molecule has 0 aliphatic rings. The standard InChI is InChI=1S/C12H18N4S/c1-4-5-13-6-10-7-14-12(17-10)11-8-15-16(3)9(11)2/h7-8,13H,4-6H2,1-3H3. The van der Waals surface area contributed by atoms with Gasteiger partial charge < -0.3 is 5.32 Å². The molecule has 0 radical (unpaired) electrons. The van der Waals surface area contributed by atoms with Crippen LogP contribution in [0.25, 0.3) is 10.6 Å². The van der Waals surface area contributed by atoms with Crippen LogP contribution in [0.15, 0.2) is 12.4 Å². The number of nitrogens with zero attached hydrogens (tertiary/aromatic N) is 3. The molecule has 2 aromatic heterocycles. The van der Waals surface area contributed by atoms with Crippen molar-refractivity contribution in [2.24, 2.45) is 7.05 Å². The first-order chi connectivity index (χ1) is 8.22. The van der Waals surface area contributed by atoms with E-state index < -0.39 is 0 Å². The van der Waals surface area contributed by atoms with Crippen LogP contribution in [0.5, 0.6) is 0 Å². The van der Waals surface area contributed by atoms with E-state index >= 15 is 0 Å². The van der Waals surface area contributed by atoms with Crippen molar-refractivity contribution in [3.05, 3.63) is 23.0 Å². The molecular formula is C12H18N4S. The second kappa shape index (κ2) is 5.42. The van der Waals surface area contributed by atoms with Crippen molar-refractivity contribution in [2.45, 2.75) is 26.8 Å². The molecule has 92 valence electrons. The first-order valence-electron chi connectivity index (χ1n) is 5.86. The van der Waals surface area contributed by atoms with E-state index in [0.717, 1.165) is 35.8 Å². The maximum absolute atomic E-state index is 4.46. The summed E-state index contributed by atoms with van der Waals surface area (Å²) in [6.45, 7) is 6.20. The molecule has 4 nitrogen and oxygen atoms in total. The summed E-state index contributed by atoms with van der Waals surface area (Å²) in [4.78, 5) is 5.74. The van der Waals surface area contributed by atoms with E-state index in [2.05, 4.69) is 29.2 Å². The Labute approximate surface area is 106 Å². The van der Waals surface area contributed by atoms with Crippen LogP contribution in [0.1, 0.15) is 23.9 Å². The molecule has 5 heteroatoms. The van der Waals surface area contributed by atoms with Gasteiger partial charge in [-0.15, -0.1) is 11.3 Å². The van der Waals surface area contributed by atoms with E-state index in [1.54, 1.807) is 11.3 Å². The molecule has 0 bridgehead atoms. The van der Waals surface area contributed by atoms with Gasteiger partial charge in [0, 0.05) is 30.4 Å². The molecule has 0 saturated heterocycles. The lowest BCUT2D eigenvalue weighted by Crippen LogP contribution is -2.12. The summed E-state index contributed by atoms with van der Waals surface area (Å²) >= 11 is 1.74. The first kappa shape index (κ1) is 12.3. The smallest absolute Gasteiger partial charge is 0.127 e. The number of rotatable bonds is 5. The first-order valence-corrected chi connectivity index (χ1v) is 6.68. The van der Waals surface area contributed by atoms with Crippen LogP contribution in [0, 0.1) is 6.92 Å². The van der Waals surface area contributed by atoms with E-state index in [9.17, 15) is 0 Å². The van der Waals surface area contributed by atoms with Crippen molar-refractivity contribution in [3.63, 3.8) is 0 Å². The quantitative estimate of drug-likeness (QED) is 0.828. The third kappa shape index (κ3) is 2.73. The predicted octanol–water partition coefficient (Wildman–Crippen LogP) is 2.35. The molecular weight excluding hydrogens is 232 g/mol. The molecule has 0 aliphatic heterocycles. The van der Waals surface area contributed by atoms with Crippen LogP contribution < -0.4 is 5.32 Å². The molecule has 0 saturated carbocycles. The van der Waals surface area contributed by atoms with Crippen LogP contribution in [0.2, 0.25) is 0 Å². The Kier molecular flexibility index (Phi) is 3.91. The van der Waals surface area contributed by atoms with Gasteiger partial charge in [0.25, 0.3) is 0 Å². The molecule has 0 amide bonds. The second-order valence-electron chi connectivity index (χ2n) is 4.08. The van der Waals surface area contributed by atoms with Crippen molar-refractivity contribution in [1.29, 1.82) is 0 Å². The van der Waals surface area contributed by atoms with Crippen LogP contribution >= 0.6 is 11.3 Å². The third-order valence-electron chi connectivity index (χ3n) is 2.75. The Bertz CT molecular complexity index is 486. The fourth-order valence-electron chi connectivity index (χ4n) is 1.61. The third-order valence-corrected chi connectivity index (χ3v) is 3.78. The van der Waals surface area contributed by atoms with E-state index in [4.69, 9.17) is 0 Å². The summed E-state index contributed by atoms with van der Waals surface area (Å²) in [5.41, 5.74) is 2.30. The lowest BCUT2D eigenvalue weighted by Gasteiger charge is -1.98. The molecule has 0 aliphatic carbocycles. The van der Waals surface area contributed by atoms with Gasteiger partial charge in [0.15, 0.2) is 0 Å². The average Bonchev–Trinajstić information content (AvgIpc) is 2.89. The summed E-state index contributed by atoms with van der Waals surface area (Å²) in [7, 11) is 1.95. The maximum Gasteiger partial charge on any atom is 0.127 e. The highest BCUT2D eigenvalue weighted by Gasteiger charge is 2.10. The van der Waals surface area contributed by atoms with Gasteiger partial charge in [-0.25, -0.2) is 4.98 Å². The summed E-state index contributed by atoms with van der Waals surface area (Å²) < 4.78 is 1.88. The molecule has 17 heavy (non-hydrogen) atoms. The SMILES string of the molecule is CCCNCc1cnc(-c2cnn(C)c2C)s1. The van der Waals surface area contributed by atoms with Gasteiger partial charge in [-0.3, -0.25) is 4.68 Å². The molecule has 1 N–H and O–H groups in total. The molecule has 0 atom stereocenters. The molecule has 0 fully saturated rings. The summed E-state index contributed by atoms with van der Waals surface area (Å²) in [5, 5.41) is 8.69. The lowest BCUT2D eigenvalue weighted by atomic mass is 10.3. The van der Waals surface area contributed by atoms with Crippen LogP contribution in [0.4, 0.5) is 0 Å². The molecule has 0 spiro atoms. The molecule has 2 heterocycles. The maximum atomic E-state index is 4.46. The summed E-state index contributed by atoms with van der Waals surface area (Å²) in [6.07, 6.45) is 5.00. The zero-order valence-corrected chi connectivity index (χ0v) is 11.3. The molecule has 0 aromatic carbocycles. The fraction of sp³-hybridized carbons (Fsp3) is 0.500. The highest BCUT2D eigenvalue weighted by atomic mass is 32.1. The zero-order chi connectivity index (χ0) is 12.3. The Morgan fingerprint density at radius 1 is 1.41 bits per heavy atom. The van der Waals surface area contributed by atoms with Crippen molar-refractivity contribution in [2.75, 3.05) is 6.54 Å². The van der Waals surface area contributed by atoms with Crippen molar-refractivity contribution in [1.82, 2.24) is 20.1 Å². The minimum atomic E-state index is 0.908. The largest absolute Gasteiger partial charge is 0.312 e. The Hall–Kier alpha value is -1.20. The van der Waals surface area contributed by atoms with Crippen LogP contribution in [-0.2, 0) is 13.6 Å². The van der Waals surface area contributed by atoms with E-state index in [0.29, 0.717) is 0 Å². The topological polar surface area (TPSA) is 42.7 Å². The average molecular weight is 250 g/mol. The van der Waals surface area contributed by atoms with Gasteiger partial charge in [-0.1, -0.05) is 6.92 Å². The number of hydrogen-bond donors (Lipinski definition) is 1. The van der Waals surface area contributed by atoms with Gasteiger partial charge in [-0.2, -0.15) is 5.10 Å². The van der Waals surface area contributed by atoms with E-state index in [1.807, 2.05) is 24.1 Å². The number of thiazole rings is 1. The number of hydrogen-bond acceptors (Lipinski definition) is 4. The van der Waals surface area contributed by atoms with Crippen LogP contribution in [0.3, 0.4) is 0 Å². The van der Waals surface area contributed by atoms with Gasteiger partial charge in [0.1, 0.15) is 5.01 Å². The lowest BCUT2D eigenvalue weighted by molar-refractivity contribution is 0.681. The Morgan fingerprint density at radius 2 is 2.24 bits per heavy atom. The molecule has 0 unspecified atom stereocenters. The van der Waals surface area contributed by atoms with Gasteiger partial charge in [0.05, 0.1) is 11.8 Å². The Balaban J connectivity index is 2.10. The second-order valence-corrected chi connectivity index (χ2v) is 5.19. The van der Waals surface area contributed by atoms with E-state index in [-0.39, 0.29) is 0 Å². The summed E-state index contributed by atoms with van der Waals surface area (Å²) in [6, 6.07) is 0. The number of aryl methyl sites for hydroxylation is 1. The van der Waals surface area contributed by atoms with Gasteiger partial charge >= 0.3 is 0 Å². The minimum absolute atomic E-state index is 0.908. The predicted molar refractivity (Wildman–Crippen MR) is 71.1 cm³/mol. The van der Waals surface area contributed by atoms with Crippen molar-refractivity contribution < 1.29 is 0 Å². The normalized spacial score (nSPS) is 11.0. The van der Waals surface area contributed by atoms with Crippen LogP contribution in [-0.4, -0.2) is 21.3 Å². The monoisotopic (exact) mass is 250 g/mol. The number of nitrogens with one attached hydrogen (secondary N) is 1. The van der Waals surface area contributed by atoms with Crippen molar-refractivity contribution >= 4 is 11.3 Å². The molecule has 2 aromatic rings. The number of aromatic nitrogens is 3. The summed E-state index contributed by atoms with van der Waals surface area (Å²) in [5.74, 6) is 0. The highest BCUT2D eigenvalue weighted by Crippen LogP contribution is 2.27. The highest BCUT2D eigenvalue weighted by molar-refractivity contribution is 7.15. The zero-order valence-electron chi connectivity index (χ0n) is 10.5. The van der Waals surface area contributed by atoms with Gasteiger partial charge in [0.2, 0.25) is 0 Å². The molecule has 2 rings (SSSR count).